The van der Waals surface area contributed by atoms with Crippen molar-refractivity contribution >= 4 is 0 Å². The molecule has 1 aliphatic carbocycles. The molecule has 0 nitrogen and oxygen atoms in total. The highest BCUT2D eigenvalue weighted by atomic mass is 14.5. The lowest BCUT2D eigenvalue weighted by Gasteiger charge is -2.35. The van der Waals surface area contributed by atoms with Gasteiger partial charge in [-0.25, -0.2) is 0 Å². The Morgan fingerprint density at radius 2 is 1.07 bits per heavy atom. The van der Waals surface area contributed by atoms with E-state index in [1.54, 1.807) is 0 Å². The molecule has 0 heterocycles. The van der Waals surface area contributed by atoms with Crippen LogP contribution in [0.2, 0.25) is 0 Å². The summed E-state index contributed by atoms with van der Waals surface area (Å²) in [5.41, 5.74) is 10.6. The Labute approximate surface area is 180 Å². The molecule has 0 N–H and O–H groups in total. The van der Waals surface area contributed by atoms with Crippen molar-refractivity contribution in [2.24, 2.45) is 0 Å². The van der Waals surface area contributed by atoms with Gasteiger partial charge in [-0.2, -0.15) is 0 Å². The lowest BCUT2D eigenvalue weighted by atomic mass is 9.67. The fraction of sp³-hybridized carbons (Fsp3) is 0.200. The van der Waals surface area contributed by atoms with Crippen molar-refractivity contribution < 1.29 is 0 Å². The Kier molecular flexibility index (Phi) is 4.22. The van der Waals surface area contributed by atoms with Gasteiger partial charge in [0.2, 0.25) is 0 Å². The first-order valence-corrected chi connectivity index (χ1v) is 10.8. The second kappa shape index (κ2) is 6.71. The predicted molar refractivity (Wildman–Crippen MR) is 127 cm³/mol. The zero-order valence-electron chi connectivity index (χ0n) is 18.2. The summed E-state index contributed by atoms with van der Waals surface area (Å²) in [7, 11) is 0. The molecular formula is C30H28. The van der Waals surface area contributed by atoms with Gasteiger partial charge in [-0.1, -0.05) is 123 Å². The average Bonchev–Trinajstić information content (AvgIpc) is 3.04. The second-order valence-electron chi connectivity index (χ2n) is 9.54. The van der Waals surface area contributed by atoms with Crippen LogP contribution in [0.25, 0.3) is 11.1 Å². The van der Waals surface area contributed by atoms with Crippen molar-refractivity contribution in [2.75, 3.05) is 0 Å². The van der Waals surface area contributed by atoms with E-state index in [1.165, 1.54) is 44.5 Å². The van der Waals surface area contributed by atoms with E-state index >= 15 is 0 Å². The molecule has 0 amide bonds. The molecule has 0 heteroatoms. The minimum atomic E-state index is -0.305. The minimum absolute atomic E-state index is 0.0961. The maximum absolute atomic E-state index is 2.46. The number of benzene rings is 4. The summed E-state index contributed by atoms with van der Waals surface area (Å²) in [6.45, 7) is 9.10. The summed E-state index contributed by atoms with van der Waals surface area (Å²) in [4.78, 5) is 0. The summed E-state index contributed by atoms with van der Waals surface area (Å²) >= 11 is 0. The quantitative estimate of drug-likeness (QED) is 0.291. The van der Waals surface area contributed by atoms with Crippen LogP contribution in [0.3, 0.4) is 0 Å². The van der Waals surface area contributed by atoms with E-state index in [2.05, 4.69) is 125 Å². The highest BCUT2D eigenvalue weighted by Crippen LogP contribution is 2.56. The van der Waals surface area contributed by atoms with E-state index in [1.807, 2.05) is 0 Å². The van der Waals surface area contributed by atoms with E-state index in [4.69, 9.17) is 0 Å². The summed E-state index contributed by atoms with van der Waals surface area (Å²) in [6, 6.07) is 36.1. The van der Waals surface area contributed by atoms with Crippen LogP contribution in [0, 0.1) is 6.92 Å². The van der Waals surface area contributed by atoms with Crippen molar-refractivity contribution in [3.05, 3.63) is 130 Å². The molecule has 0 saturated heterocycles. The Bertz CT molecular complexity index is 1170. The third-order valence-corrected chi connectivity index (χ3v) is 6.57. The van der Waals surface area contributed by atoms with Gasteiger partial charge in [0.05, 0.1) is 5.41 Å². The third-order valence-electron chi connectivity index (χ3n) is 6.57. The molecule has 0 bridgehead atoms. The average molecular weight is 389 g/mol. The molecule has 148 valence electrons. The van der Waals surface area contributed by atoms with E-state index in [0.717, 1.165) is 0 Å². The summed E-state index contributed by atoms with van der Waals surface area (Å²) in [6.07, 6.45) is 0. The molecule has 0 aromatic heterocycles. The van der Waals surface area contributed by atoms with Crippen molar-refractivity contribution in [3.8, 4) is 11.1 Å². The molecule has 0 saturated carbocycles. The molecule has 0 spiro atoms. The molecule has 4 aromatic carbocycles. The van der Waals surface area contributed by atoms with Crippen molar-refractivity contribution in [3.63, 3.8) is 0 Å². The van der Waals surface area contributed by atoms with E-state index in [9.17, 15) is 0 Å². The molecule has 0 atom stereocenters. The number of rotatable bonds is 2. The maximum Gasteiger partial charge on any atom is 0.0713 e. The lowest BCUT2D eigenvalue weighted by Crippen LogP contribution is -2.29. The highest BCUT2D eigenvalue weighted by molar-refractivity contribution is 5.86. The summed E-state index contributed by atoms with van der Waals surface area (Å²) in [5.74, 6) is 0. The molecule has 30 heavy (non-hydrogen) atoms. The van der Waals surface area contributed by atoms with Crippen LogP contribution in [0.4, 0.5) is 0 Å². The summed E-state index contributed by atoms with van der Waals surface area (Å²) in [5, 5.41) is 0. The monoisotopic (exact) mass is 388 g/mol. The fourth-order valence-corrected chi connectivity index (χ4v) is 5.07. The molecular weight excluding hydrogens is 360 g/mol. The Morgan fingerprint density at radius 1 is 0.567 bits per heavy atom. The first kappa shape index (κ1) is 18.9. The van der Waals surface area contributed by atoms with Crippen LogP contribution >= 0.6 is 0 Å². The number of fused-ring (bicyclic) bond motifs is 3. The minimum Gasteiger partial charge on any atom is -0.0622 e. The molecule has 0 radical (unpaired) electrons. The van der Waals surface area contributed by atoms with Crippen molar-refractivity contribution in [2.45, 2.75) is 38.5 Å². The van der Waals surface area contributed by atoms with Gasteiger partial charge in [0.25, 0.3) is 0 Å². The van der Waals surface area contributed by atoms with Gasteiger partial charge >= 0.3 is 0 Å². The van der Waals surface area contributed by atoms with Crippen LogP contribution in [0.1, 0.15) is 54.2 Å². The van der Waals surface area contributed by atoms with Gasteiger partial charge in [0.15, 0.2) is 0 Å². The number of hydrogen-bond acceptors (Lipinski definition) is 0. The van der Waals surface area contributed by atoms with E-state index in [0.29, 0.717) is 0 Å². The second-order valence-corrected chi connectivity index (χ2v) is 9.54. The van der Waals surface area contributed by atoms with Crippen molar-refractivity contribution in [1.82, 2.24) is 0 Å². The van der Waals surface area contributed by atoms with Gasteiger partial charge in [0.1, 0.15) is 0 Å². The number of aryl methyl sites for hydroxylation is 1. The molecule has 4 aromatic rings. The largest absolute Gasteiger partial charge is 0.0713 e. The normalized spacial score (nSPS) is 14.3. The first-order chi connectivity index (χ1) is 14.4. The standard InChI is InChI=1S/C30H28/c1-21-15-17-25-26-18-16-24(29(2,3)4)20-28(26)30(27(25)19-21,22-11-7-5-8-12-22)23-13-9-6-10-14-23/h5-20H,1-4H3. The number of hydrogen-bond donors (Lipinski definition) is 0. The zero-order chi connectivity index (χ0) is 20.9. The van der Waals surface area contributed by atoms with Gasteiger partial charge in [-0.3, -0.25) is 0 Å². The Balaban J connectivity index is 1.97. The van der Waals surface area contributed by atoms with Crippen LogP contribution < -0.4 is 0 Å². The van der Waals surface area contributed by atoms with Gasteiger partial charge in [-0.05, 0) is 51.3 Å². The topological polar surface area (TPSA) is 0 Å². The maximum atomic E-state index is 2.46. The molecule has 0 fully saturated rings. The lowest BCUT2D eigenvalue weighted by molar-refractivity contribution is 0.588. The van der Waals surface area contributed by atoms with E-state index < -0.39 is 0 Å². The highest BCUT2D eigenvalue weighted by Gasteiger charge is 2.46. The van der Waals surface area contributed by atoms with Crippen LogP contribution in [0.5, 0.6) is 0 Å². The molecule has 0 unspecified atom stereocenters. The van der Waals surface area contributed by atoms with Gasteiger partial charge < -0.3 is 0 Å². The van der Waals surface area contributed by atoms with Crippen molar-refractivity contribution in [1.29, 1.82) is 0 Å². The van der Waals surface area contributed by atoms with Crippen LogP contribution in [0.15, 0.2) is 97.1 Å². The predicted octanol–water partition coefficient (Wildman–Crippen LogP) is 7.66. The third kappa shape index (κ3) is 2.67. The SMILES string of the molecule is Cc1ccc2c(c1)C(c1ccccc1)(c1ccccc1)c1cc(C(C)(C)C)ccc1-2. The van der Waals surface area contributed by atoms with E-state index in [-0.39, 0.29) is 10.8 Å². The molecule has 1 aliphatic rings. The van der Waals surface area contributed by atoms with Crippen LogP contribution in [-0.4, -0.2) is 0 Å². The smallest absolute Gasteiger partial charge is 0.0622 e. The van der Waals surface area contributed by atoms with Crippen LogP contribution in [-0.2, 0) is 10.8 Å². The summed E-state index contributed by atoms with van der Waals surface area (Å²) < 4.78 is 0. The fourth-order valence-electron chi connectivity index (χ4n) is 5.07. The Hall–Kier alpha value is -3.12. The molecule has 5 rings (SSSR count). The first-order valence-electron chi connectivity index (χ1n) is 10.8. The molecule has 0 aliphatic heterocycles. The Morgan fingerprint density at radius 3 is 1.60 bits per heavy atom. The zero-order valence-corrected chi connectivity index (χ0v) is 18.2. The van der Waals surface area contributed by atoms with Gasteiger partial charge in [0, 0.05) is 0 Å². The van der Waals surface area contributed by atoms with Gasteiger partial charge in [-0.15, -0.1) is 0 Å².